The monoisotopic (exact) mass is 366 g/mol. The van der Waals surface area contributed by atoms with Gasteiger partial charge in [-0.1, -0.05) is 11.6 Å². The number of carbonyl (C=O) groups excluding carboxylic acids is 1. The molecule has 0 bridgehead atoms. The lowest BCUT2D eigenvalue weighted by atomic mass is 10.0. The number of aromatic nitrogens is 3. The fourth-order valence-corrected chi connectivity index (χ4v) is 3.96. The van der Waals surface area contributed by atoms with E-state index in [2.05, 4.69) is 46.7 Å². The fraction of sp³-hybridized carbons (Fsp3) is 0.429. The minimum Gasteiger partial charge on any atom is -0.464 e. The third kappa shape index (κ3) is 3.62. The second-order valence-electron chi connectivity index (χ2n) is 7.47. The van der Waals surface area contributed by atoms with Crippen LogP contribution in [0, 0.1) is 6.92 Å². The third-order valence-corrected chi connectivity index (χ3v) is 5.25. The number of aryl methyl sites for hydroxylation is 1. The number of fused-ring (bicyclic) bond motifs is 3. The molecule has 0 fully saturated rings. The molecule has 6 heteroatoms. The molecule has 3 aromatic rings. The molecule has 142 valence electrons. The Morgan fingerprint density at radius 3 is 3.00 bits per heavy atom. The van der Waals surface area contributed by atoms with E-state index in [1.54, 1.807) is 0 Å². The predicted molar refractivity (Wildman–Crippen MR) is 105 cm³/mol. The summed E-state index contributed by atoms with van der Waals surface area (Å²) in [5.41, 5.74) is 6.67. The van der Waals surface area contributed by atoms with Gasteiger partial charge in [0, 0.05) is 54.8 Å². The first-order valence-corrected chi connectivity index (χ1v) is 9.45. The van der Waals surface area contributed by atoms with Gasteiger partial charge >= 0.3 is 5.97 Å². The summed E-state index contributed by atoms with van der Waals surface area (Å²) in [5.74, 6) is -0.256. The number of ether oxygens (including phenoxy) is 1. The summed E-state index contributed by atoms with van der Waals surface area (Å²) >= 11 is 0. The Morgan fingerprint density at radius 1 is 1.33 bits per heavy atom. The van der Waals surface area contributed by atoms with Crippen LogP contribution >= 0.6 is 0 Å². The summed E-state index contributed by atoms with van der Waals surface area (Å²) in [5, 5.41) is 5.79. The van der Waals surface area contributed by atoms with Crippen molar-refractivity contribution in [1.82, 2.24) is 19.2 Å². The predicted octanol–water partition coefficient (Wildman–Crippen LogP) is 2.75. The maximum Gasteiger partial charge on any atom is 0.302 e. The molecule has 27 heavy (non-hydrogen) atoms. The van der Waals surface area contributed by atoms with Gasteiger partial charge in [-0.05, 0) is 31.7 Å². The quantitative estimate of drug-likeness (QED) is 0.652. The van der Waals surface area contributed by atoms with Crippen LogP contribution in [0.3, 0.4) is 0 Å². The lowest BCUT2D eigenvalue weighted by Crippen LogP contribution is -2.27. The van der Waals surface area contributed by atoms with Crippen LogP contribution in [0.5, 0.6) is 0 Å². The molecular weight excluding hydrogens is 340 g/mol. The summed E-state index contributed by atoms with van der Waals surface area (Å²) < 4.78 is 9.30. The summed E-state index contributed by atoms with van der Waals surface area (Å²) in [6.45, 7) is 7.41. The van der Waals surface area contributed by atoms with Crippen LogP contribution in [0.4, 0.5) is 0 Å². The van der Waals surface area contributed by atoms with Crippen molar-refractivity contribution in [1.29, 1.82) is 0 Å². The highest BCUT2D eigenvalue weighted by Gasteiger charge is 2.22. The normalized spacial score (nSPS) is 14.5. The van der Waals surface area contributed by atoms with Crippen molar-refractivity contribution in [2.45, 2.75) is 39.9 Å². The minimum atomic E-state index is -0.256. The van der Waals surface area contributed by atoms with E-state index in [0.717, 1.165) is 31.6 Å². The van der Waals surface area contributed by atoms with Crippen molar-refractivity contribution >= 4 is 16.9 Å². The number of carbonyl (C=O) groups is 1. The third-order valence-electron chi connectivity index (χ3n) is 5.25. The number of esters is 1. The smallest absolute Gasteiger partial charge is 0.302 e. The van der Waals surface area contributed by atoms with Crippen molar-refractivity contribution in [3.63, 3.8) is 0 Å². The van der Waals surface area contributed by atoms with Crippen molar-refractivity contribution in [3.8, 4) is 0 Å². The van der Waals surface area contributed by atoms with E-state index in [1.165, 1.54) is 34.6 Å². The SMILES string of the molecule is CC(=O)OCCn1cc(Cn2c3c(c4cc(C)ccc42)CN(C)CC3)cn1. The largest absolute Gasteiger partial charge is 0.464 e. The van der Waals surface area contributed by atoms with Crippen LogP contribution < -0.4 is 0 Å². The molecule has 1 aliphatic heterocycles. The van der Waals surface area contributed by atoms with Crippen molar-refractivity contribution in [2.24, 2.45) is 0 Å². The lowest BCUT2D eigenvalue weighted by molar-refractivity contribution is -0.141. The maximum absolute atomic E-state index is 10.9. The maximum atomic E-state index is 10.9. The molecule has 0 spiro atoms. The molecule has 0 saturated carbocycles. The van der Waals surface area contributed by atoms with Crippen LogP contribution in [0.1, 0.15) is 29.3 Å². The van der Waals surface area contributed by atoms with E-state index >= 15 is 0 Å². The standard InChI is InChI=1S/C21H26N4O2/c1-15-4-5-20-18(10-15)19-14-23(3)7-6-21(19)25(20)13-17-11-22-24(12-17)8-9-27-16(2)26/h4-5,10-12H,6-9,13-14H2,1-3H3. The highest BCUT2D eigenvalue weighted by Crippen LogP contribution is 2.31. The number of hydrogen-bond donors (Lipinski definition) is 0. The first-order valence-electron chi connectivity index (χ1n) is 9.45. The van der Waals surface area contributed by atoms with Crippen molar-refractivity contribution in [2.75, 3.05) is 20.2 Å². The van der Waals surface area contributed by atoms with E-state index in [4.69, 9.17) is 4.74 Å². The lowest BCUT2D eigenvalue weighted by Gasteiger charge is -2.24. The molecule has 0 saturated heterocycles. The van der Waals surface area contributed by atoms with Crippen molar-refractivity contribution < 1.29 is 9.53 Å². The molecule has 1 aliphatic rings. The van der Waals surface area contributed by atoms with Gasteiger partial charge in [0.05, 0.1) is 19.3 Å². The number of rotatable bonds is 5. The van der Waals surface area contributed by atoms with Gasteiger partial charge in [0.25, 0.3) is 0 Å². The van der Waals surface area contributed by atoms with E-state index in [1.807, 2.05) is 17.1 Å². The first-order chi connectivity index (χ1) is 13.0. The first kappa shape index (κ1) is 17.8. The van der Waals surface area contributed by atoms with Crippen LogP contribution in [0.25, 0.3) is 10.9 Å². The van der Waals surface area contributed by atoms with Gasteiger partial charge in [0.2, 0.25) is 0 Å². The zero-order valence-corrected chi connectivity index (χ0v) is 16.2. The Labute approximate surface area is 159 Å². The molecule has 3 heterocycles. The Kier molecular flexibility index (Phi) is 4.74. The number of hydrogen-bond acceptors (Lipinski definition) is 4. The molecule has 2 aromatic heterocycles. The van der Waals surface area contributed by atoms with Gasteiger partial charge in [0.1, 0.15) is 6.61 Å². The Morgan fingerprint density at radius 2 is 2.19 bits per heavy atom. The summed E-state index contributed by atoms with van der Waals surface area (Å²) in [7, 11) is 2.19. The highest BCUT2D eigenvalue weighted by molar-refractivity contribution is 5.86. The van der Waals surface area contributed by atoms with Gasteiger partial charge in [0.15, 0.2) is 0 Å². The van der Waals surface area contributed by atoms with E-state index < -0.39 is 0 Å². The molecule has 4 rings (SSSR count). The van der Waals surface area contributed by atoms with Crippen molar-refractivity contribution in [3.05, 3.63) is 53.0 Å². The average molecular weight is 366 g/mol. The van der Waals surface area contributed by atoms with Gasteiger partial charge < -0.3 is 14.2 Å². The minimum absolute atomic E-state index is 0.256. The summed E-state index contributed by atoms with van der Waals surface area (Å²) in [4.78, 5) is 13.3. The molecule has 6 nitrogen and oxygen atoms in total. The molecule has 0 atom stereocenters. The topological polar surface area (TPSA) is 52.3 Å². The fourth-order valence-electron chi connectivity index (χ4n) is 3.96. The second kappa shape index (κ2) is 7.19. The van der Waals surface area contributed by atoms with E-state index in [0.29, 0.717) is 13.2 Å². The zero-order valence-electron chi connectivity index (χ0n) is 16.2. The Hall–Kier alpha value is -2.60. The van der Waals surface area contributed by atoms with Crippen LogP contribution in [-0.4, -0.2) is 45.4 Å². The number of likely N-dealkylation sites (N-methyl/N-ethyl adjacent to an activating group) is 1. The second-order valence-corrected chi connectivity index (χ2v) is 7.47. The Balaban J connectivity index is 1.63. The van der Waals surface area contributed by atoms with Gasteiger partial charge in [-0.2, -0.15) is 5.10 Å². The zero-order chi connectivity index (χ0) is 19.0. The molecule has 0 radical (unpaired) electrons. The molecule has 0 aliphatic carbocycles. The molecule has 1 aromatic carbocycles. The van der Waals surface area contributed by atoms with Crippen LogP contribution in [-0.2, 0) is 35.6 Å². The summed E-state index contributed by atoms with van der Waals surface area (Å²) in [6.07, 6.45) is 5.03. The molecular formula is C21H26N4O2. The van der Waals surface area contributed by atoms with Crippen LogP contribution in [0.15, 0.2) is 30.6 Å². The summed E-state index contributed by atoms with van der Waals surface area (Å²) in [6, 6.07) is 6.75. The van der Waals surface area contributed by atoms with E-state index in [-0.39, 0.29) is 5.97 Å². The van der Waals surface area contributed by atoms with Gasteiger partial charge in [-0.3, -0.25) is 9.48 Å². The highest BCUT2D eigenvalue weighted by atomic mass is 16.5. The molecule has 0 amide bonds. The number of benzene rings is 1. The average Bonchev–Trinajstić information content (AvgIpc) is 3.18. The van der Waals surface area contributed by atoms with Crippen LogP contribution in [0.2, 0.25) is 0 Å². The van der Waals surface area contributed by atoms with Gasteiger partial charge in [-0.25, -0.2) is 0 Å². The molecule has 0 N–H and O–H groups in total. The van der Waals surface area contributed by atoms with E-state index in [9.17, 15) is 4.79 Å². The number of nitrogens with zero attached hydrogens (tertiary/aromatic N) is 4. The van der Waals surface area contributed by atoms with Gasteiger partial charge in [-0.15, -0.1) is 0 Å². The Bertz CT molecular complexity index is 986. The molecule has 0 unspecified atom stereocenters.